The zero-order chi connectivity index (χ0) is 18.7. The molecule has 0 saturated carbocycles. The Morgan fingerprint density at radius 1 is 1.23 bits per heavy atom. The van der Waals surface area contributed by atoms with Gasteiger partial charge in [-0.1, -0.05) is 0 Å². The van der Waals surface area contributed by atoms with Gasteiger partial charge >= 0.3 is 0 Å². The van der Waals surface area contributed by atoms with Crippen LogP contribution in [0.1, 0.15) is 6.42 Å². The number of nitrogens with one attached hydrogen (secondary N) is 1. The Kier molecular flexibility index (Phi) is 5.37. The molecule has 0 saturated heterocycles. The summed E-state index contributed by atoms with van der Waals surface area (Å²) >= 11 is 5.29. The van der Waals surface area contributed by atoms with Crippen LogP contribution in [0, 0.1) is 10.6 Å². The van der Waals surface area contributed by atoms with Gasteiger partial charge in [0.25, 0.3) is 5.56 Å². The Balaban J connectivity index is 1.73. The number of H-pyrrole nitrogens is 1. The van der Waals surface area contributed by atoms with Crippen LogP contribution in [0.3, 0.4) is 0 Å². The Morgan fingerprint density at radius 2 is 1.96 bits per heavy atom. The van der Waals surface area contributed by atoms with Crippen molar-refractivity contribution in [2.45, 2.75) is 13.0 Å². The molecule has 0 amide bonds. The van der Waals surface area contributed by atoms with E-state index in [4.69, 9.17) is 17.0 Å². The lowest BCUT2D eigenvalue weighted by Crippen LogP contribution is -2.25. The Hall–Kier alpha value is -2.67. The fraction of sp³-hybridized carbons (Fsp3) is 0.263. The summed E-state index contributed by atoms with van der Waals surface area (Å²) in [6.07, 6.45) is 0.723. The minimum absolute atomic E-state index is 0.268. The third-order valence-corrected chi connectivity index (χ3v) is 4.65. The molecule has 1 heterocycles. The zero-order valence-electron chi connectivity index (χ0n) is 14.7. The predicted octanol–water partition coefficient (Wildman–Crippen LogP) is 3.73. The van der Waals surface area contributed by atoms with Crippen LogP contribution in [0.5, 0.6) is 5.75 Å². The van der Waals surface area contributed by atoms with E-state index < -0.39 is 5.82 Å². The SMILES string of the molecule is COc1ccc(N(C)CCCn2c(=S)[nH]c3ccc(F)cc3c2=O)cc1. The van der Waals surface area contributed by atoms with Crippen molar-refractivity contribution in [3.63, 3.8) is 0 Å². The summed E-state index contributed by atoms with van der Waals surface area (Å²) in [6.45, 7) is 1.20. The van der Waals surface area contributed by atoms with Crippen LogP contribution in [-0.4, -0.2) is 30.3 Å². The molecule has 1 N–H and O–H groups in total. The van der Waals surface area contributed by atoms with E-state index in [0.717, 1.165) is 24.4 Å². The molecule has 3 rings (SSSR count). The van der Waals surface area contributed by atoms with E-state index in [1.807, 2.05) is 31.3 Å². The van der Waals surface area contributed by atoms with Gasteiger partial charge in [0.15, 0.2) is 4.77 Å². The Bertz CT molecular complexity index is 1030. The van der Waals surface area contributed by atoms with Crippen LogP contribution in [0.25, 0.3) is 10.9 Å². The summed E-state index contributed by atoms with van der Waals surface area (Å²) in [5, 5.41) is 0.308. The molecule has 0 aliphatic rings. The summed E-state index contributed by atoms with van der Waals surface area (Å²) in [5.41, 5.74) is 1.34. The monoisotopic (exact) mass is 373 g/mol. The second-order valence-corrected chi connectivity index (χ2v) is 6.44. The van der Waals surface area contributed by atoms with E-state index >= 15 is 0 Å². The number of benzene rings is 2. The molecule has 0 atom stereocenters. The summed E-state index contributed by atoms with van der Waals surface area (Å²) in [5.74, 6) is 0.370. The molecule has 1 aromatic heterocycles. The van der Waals surface area contributed by atoms with Crippen LogP contribution < -0.4 is 15.2 Å². The minimum atomic E-state index is -0.439. The highest BCUT2D eigenvalue weighted by atomic mass is 32.1. The van der Waals surface area contributed by atoms with Gasteiger partial charge in [-0.2, -0.15) is 0 Å². The number of aromatic amines is 1. The second kappa shape index (κ2) is 7.70. The second-order valence-electron chi connectivity index (χ2n) is 6.05. The van der Waals surface area contributed by atoms with Crippen molar-refractivity contribution in [1.29, 1.82) is 0 Å². The van der Waals surface area contributed by atoms with Crippen LogP contribution in [0.2, 0.25) is 0 Å². The van der Waals surface area contributed by atoms with Gasteiger partial charge in [-0.3, -0.25) is 9.36 Å². The lowest BCUT2D eigenvalue weighted by atomic mass is 10.2. The van der Waals surface area contributed by atoms with Gasteiger partial charge in [-0.25, -0.2) is 4.39 Å². The molecule has 26 heavy (non-hydrogen) atoms. The highest BCUT2D eigenvalue weighted by molar-refractivity contribution is 7.71. The number of aromatic nitrogens is 2. The quantitative estimate of drug-likeness (QED) is 0.669. The van der Waals surface area contributed by atoms with E-state index in [-0.39, 0.29) is 5.56 Å². The topological polar surface area (TPSA) is 50.3 Å². The number of rotatable bonds is 6. The molecule has 0 aliphatic heterocycles. The molecule has 0 unspecified atom stereocenters. The highest BCUT2D eigenvalue weighted by Crippen LogP contribution is 2.18. The summed E-state index contributed by atoms with van der Waals surface area (Å²) in [7, 11) is 3.62. The molecule has 0 bridgehead atoms. The number of nitrogens with zero attached hydrogens (tertiary/aromatic N) is 2. The lowest BCUT2D eigenvalue weighted by Gasteiger charge is -2.19. The van der Waals surface area contributed by atoms with Gasteiger partial charge in [0.2, 0.25) is 0 Å². The van der Waals surface area contributed by atoms with Crippen molar-refractivity contribution in [3.05, 3.63) is 63.4 Å². The zero-order valence-corrected chi connectivity index (χ0v) is 15.5. The molecule has 2 aromatic carbocycles. The average Bonchev–Trinajstić information content (AvgIpc) is 2.65. The van der Waals surface area contributed by atoms with Gasteiger partial charge in [0.1, 0.15) is 11.6 Å². The fourth-order valence-corrected chi connectivity index (χ4v) is 3.14. The molecule has 3 aromatic rings. The minimum Gasteiger partial charge on any atom is -0.497 e. The first-order valence-electron chi connectivity index (χ1n) is 8.27. The first-order chi connectivity index (χ1) is 12.5. The fourth-order valence-electron chi connectivity index (χ4n) is 2.86. The Morgan fingerprint density at radius 3 is 2.65 bits per heavy atom. The van der Waals surface area contributed by atoms with Crippen LogP contribution in [-0.2, 0) is 6.54 Å². The van der Waals surface area contributed by atoms with Crippen molar-refractivity contribution >= 4 is 28.8 Å². The maximum absolute atomic E-state index is 13.4. The molecular formula is C19H20FN3O2S. The molecule has 0 fully saturated rings. The van der Waals surface area contributed by atoms with Crippen LogP contribution in [0.4, 0.5) is 10.1 Å². The van der Waals surface area contributed by atoms with Gasteiger partial charge < -0.3 is 14.6 Å². The smallest absolute Gasteiger partial charge is 0.262 e. The molecular weight excluding hydrogens is 353 g/mol. The van der Waals surface area contributed by atoms with E-state index in [9.17, 15) is 9.18 Å². The lowest BCUT2D eigenvalue weighted by molar-refractivity contribution is 0.415. The molecule has 5 nitrogen and oxygen atoms in total. The largest absolute Gasteiger partial charge is 0.497 e. The number of ether oxygens (including phenoxy) is 1. The van der Waals surface area contributed by atoms with Crippen molar-refractivity contribution in [2.75, 3.05) is 25.6 Å². The van der Waals surface area contributed by atoms with Gasteiger partial charge in [-0.15, -0.1) is 0 Å². The normalized spacial score (nSPS) is 10.9. The molecule has 136 valence electrons. The van der Waals surface area contributed by atoms with Crippen molar-refractivity contribution < 1.29 is 9.13 Å². The highest BCUT2D eigenvalue weighted by Gasteiger charge is 2.08. The predicted molar refractivity (Wildman–Crippen MR) is 104 cm³/mol. The number of fused-ring (bicyclic) bond motifs is 1. The summed E-state index contributed by atoms with van der Waals surface area (Å²) in [6, 6.07) is 11.9. The number of halogens is 1. The summed E-state index contributed by atoms with van der Waals surface area (Å²) < 4.78 is 20.4. The van der Waals surface area contributed by atoms with Gasteiger partial charge in [0.05, 0.1) is 18.0 Å². The number of anilines is 1. The molecule has 0 aliphatic carbocycles. The number of methoxy groups -OCH3 is 1. The van der Waals surface area contributed by atoms with E-state index in [2.05, 4.69) is 9.88 Å². The van der Waals surface area contributed by atoms with Crippen LogP contribution in [0.15, 0.2) is 47.3 Å². The van der Waals surface area contributed by atoms with Gasteiger partial charge in [-0.05, 0) is 61.1 Å². The maximum Gasteiger partial charge on any atom is 0.262 e. The standard InChI is InChI=1S/C19H20FN3O2S/c1-22(14-5-7-15(25-2)8-6-14)10-3-11-23-18(24)16-12-13(20)4-9-17(16)21-19(23)26/h4-9,12H,3,10-11H2,1-2H3,(H,21,26). The average molecular weight is 373 g/mol. The Labute approximate surface area is 155 Å². The van der Waals surface area contributed by atoms with Crippen molar-refractivity contribution in [3.8, 4) is 5.75 Å². The van der Waals surface area contributed by atoms with Crippen molar-refractivity contribution in [1.82, 2.24) is 9.55 Å². The van der Waals surface area contributed by atoms with Crippen LogP contribution >= 0.6 is 12.2 Å². The van der Waals surface area contributed by atoms with E-state index in [1.54, 1.807) is 7.11 Å². The van der Waals surface area contributed by atoms with Gasteiger partial charge in [0, 0.05) is 25.8 Å². The molecule has 0 radical (unpaired) electrons. The number of hydrogen-bond donors (Lipinski definition) is 1. The first kappa shape index (κ1) is 18.1. The van der Waals surface area contributed by atoms with E-state index in [0.29, 0.717) is 22.2 Å². The molecule has 0 spiro atoms. The number of hydrogen-bond acceptors (Lipinski definition) is 4. The third kappa shape index (κ3) is 3.77. The first-order valence-corrected chi connectivity index (χ1v) is 8.68. The molecule has 7 heteroatoms. The maximum atomic E-state index is 13.4. The summed E-state index contributed by atoms with van der Waals surface area (Å²) in [4.78, 5) is 17.7. The van der Waals surface area contributed by atoms with E-state index in [1.165, 1.54) is 22.8 Å². The third-order valence-electron chi connectivity index (χ3n) is 4.33. The van der Waals surface area contributed by atoms with Crippen molar-refractivity contribution in [2.24, 2.45) is 0 Å².